The van der Waals surface area contributed by atoms with Crippen molar-refractivity contribution in [2.75, 3.05) is 6.54 Å². The molecule has 1 heterocycles. The molecule has 0 radical (unpaired) electrons. The lowest BCUT2D eigenvalue weighted by atomic mass is 10.2. The fourth-order valence-corrected chi connectivity index (χ4v) is 2.75. The molecular formula is C11H11Br2NO. The number of carbonyl (C=O) groups is 1. The van der Waals surface area contributed by atoms with Gasteiger partial charge in [-0.25, -0.2) is 0 Å². The number of halogens is 2. The van der Waals surface area contributed by atoms with Gasteiger partial charge in [0.05, 0.1) is 0 Å². The van der Waals surface area contributed by atoms with E-state index in [2.05, 4.69) is 31.9 Å². The van der Waals surface area contributed by atoms with Crippen molar-refractivity contribution in [2.24, 2.45) is 0 Å². The molecule has 1 aliphatic heterocycles. The number of hydrogen-bond donors (Lipinski definition) is 0. The predicted molar refractivity (Wildman–Crippen MR) is 66.9 cm³/mol. The summed E-state index contributed by atoms with van der Waals surface area (Å²) in [4.78, 5) is 13.8. The van der Waals surface area contributed by atoms with Gasteiger partial charge < -0.3 is 4.90 Å². The molecule has 1 aromatic rings. The number of rotatable bonds is 2. The molecule has 0 spiro atoms. The van der Waals surface area contributed by atoms with Crippen molar-refractivity contribution in [1.82, 2.24) is 4.90 Å². The maximum Gasteiger partial charge on any atom is 0.224 e. The summed E-state index contributed by atoms with van der Waals surface area (Å²) in [6, 6.07) is 8.01. The van der Waals surface area contributed by atoms with Crippen molar-refractivity contribution in [3.05, 3.63) is 34.3 Å². The highest BCUT2D eigenvalue weighted by atomic mass is 79.9. The van der Waals surface area contributed by atoms with E-state index in [4.69, 9.17) is 0 Å². The quantitative estimate of drug-likeness (QED) is 0.762. The second-order valence-corrected chi connectivity index (χ2v) is 5.82. The van der Waals surface area contributed by atoms with E-state index < -0.39 is 0 Å². The van der Waals surface area contributed by atoms with E-state index >= 15 is 0 Å². The Labute approximate surface area is 106 Å². The van der Waals surface area contributed by atoms with Crippen LogP contribution in [0.2, 0.25) is 0 Å². The van der Waals surface area contributed by atoms with Gasteiger partial charge in [0.1, 0.15) is 0 Å². The van der Waals surface area contributed by atoms with Gasteiger partial charge in [0, 0.05) is 28.8 Å². The van der Waals surface area contributed by atoms with Crippen LogP contribution in [0.15, 0.2) is 28.7 Å². The number of hydrogen-bond acceptors (Lipinski definition) is 1. The van der Waals surface area contributed by atoms with Crippen LogP contribution >= 0.6 is 31.9 Å². The van der Waals surface area contributed by atoms with Crippen molar-refractivity contribution in [1.29, 1.82) is 0 Å². The van der Waals surface area contributed by atoms with Gasteiger partial charge in [0.15, 0.2) is 0 Å². The van der Waals surface area contributed by atoms with Gasteiger partial charge in [0.25, 0.3) is 0 Å². The molecule has 1 unspecified atom stereocenters. The van der Waals surface area contributed by atoms with Crippen molar-refractivity contribution in [3.8, 4) is 0 Å². The number of carbonyl (C=O) groups excluding carboxylic acids is 1. The van der Waals surface area contributed by atoms with Crippen LogP contribution in [0.5, 0.6) is 0 Å². The Balaban J connectivity index is 2.09. The lowest BCUT2D eigenvalue weighted by molar-refractivity contribution is -0.128. The van der Waals surface area contributed by atoms with E-state index in [9.17, 15) is 4.79 Å². The van der Waals surface area contributed by atoms with Gasteiger partial charge in [0.2, 0.25) is 5.91 Å². The van der Waals surface area contributed by atoms with Crippen molar-refractivity contribution < 1.29 is 4.79 Å². The van der Waals surface area contributed by atoms with Crippen LogP contribution in [0.4, 0.5) is 0 Å². The molecular weight excluding hydrogens is 322 g/mol. The fourth-order valence-electron chi connectivity index (χ4n) is 1.71. The molecule has 1 aliphatic rings. The highest BCUT2D eigenvalue weighted by Gasteiger charge is 2.27. The number of nitrogens with zero attached hydrogens (tertiary/aromatic N) is 1. The van der Waals surface area contributed by atoms with E-state index in [1.54, 1.807) is 0 Å². The summed E-state index contributed by atoms with van der Waals surface area (Å²) < 4.78 is 1.07. The molecule has 1 atom stereocenters. The standard InChI is InChI=1S/C11H11Br2NO/c12-9-5-11(15)14(7-9)6-8-3-1-2-4-10(8)13/h1-4,9H,5-7H2. The topological polar surface area (TPSA) is 20.3 Å². The van der Waals surface area contributed by atoms with Crippen molar-refractivity contribution in [3.63, 3.8) is 0 Å². The minimum atomic E-state index is 0.229. The molecule has 1 fully saturated rings. The summed E-state index contributed by atoms with van der Waals surface area (Å²) in [6.07, 6.45) is 0.616. The maximum absolute atomic E-state index is 11.6. The lowest BCUT2D eigenvalue weighted by Gasteiger charge is -2.16. The van der Waals surface area contributed by atoms with Crippen LogP contribution in [0.1, 0.15) is 12.0 Å². The molecule has 0 saturated carbocycles. The molecule has 15 heavy (non-hydrogen) atoms. The van der Waals surface area contributed by atoms with Gasteiger partial charge >= 0.3 is 0 Å². The minimum Gasteiger partial charge on any atom is -0.337 e. The maximum atomic E-state index is 11.6. The van der Waals surface area contributed by atoms with E-state index in [-0.39, 0.29) is 5.91 Å². The molecule has 0 aromatic heterocycles. The van der Waals surface area contributed by atoms with Gasteiger partial charge in [-0.3, -0.25) is 4.79 Å². The van der Waals surface area contributed by atoms with Crippen LogP contribution in [0, 0.1) is 0 Å². The van der Waals surface area contributed by atoms with Crippen LogP contribution in [-0.4, -0.2) is 22.2 Å². The number of benzene rings is 1. The lowest BCUT2D eigenvalue weighted by Crippen LogP contribution is -2.24. The van der Waals surface area contributed by atoms with E-state index in [1.807, 2.05) is 29.2 Å². The third-order valence-electron chi connectivity index (χ3n) is 2.49. The smallest absolute Gasteiger partial charge is 0.224 e. The molecule has 2 rings (SSSR count). The normalized spacial score (nSPS) is 21.1. The zero-order valence-electron chi connectivity index (χ0n) is 8.12. The third-order valence-corrected chi connectivity index (χ3v) is 3.87. The largest absolute Gasteiger partial charge is 0.337 e. The fraction of sp³-hybridized carbons (Fsp3) is 0.364. The Morgan fingerprint density at radius 1 is 1.40 bits per heavy atom. The Morgan fingerprint density at radius 2 is 2.13 bits per heavy atom. The first-order chi connectivity index (χ1) is 7.16. The molecule has 2 nitrogen and oxygen atoms in total. The highest BCUT2D eigenvalue weighted by molar-refractivity contribution is 9.10. The summed E-state index contributed by atoms with van der Waals surface area (Å²) in [6.45, 7) is 1.50. The van der Waals surface area contributed by atoms with Gasteiger partial charge in [-0.15, -0.1) is 0 Å². The molecule has 1 amide bonds. The van der Waals surface area contributed by atoms with Gasteiger partial charge in [-0.1, -0.05) is 50.1 Å². The number of likely N-dealkylation sites (tertiary alicyclic amines) is 1. The van der Waals surface area contributed by atoms with Crippen LogP contribution in [0.3, 0.4) is 0 Å². The van der Waals surface area contributed by atoms with Crippen LogP contribution < -0.4 is 0 Å². The molecule has 1 saturated heterocycles. The Kier molecular flexibility index (Phi) is 3.46. The Bertz CT molecular complexity index is 381. The third kappa shape index (κ3) is 2.61. The second-order valence-electron chi connectivity index (χ2n) is 3.67. The minimum absolute atomic E-state index is 0.229. The first kappa shape index (κ1) is 11.1. The zero-order chi connectivity index (χ0) is 10.8. The van der Waals surface area contributed by atoms with Gasteiger partial charge in [-0.2, -0.15) is 0 Å². The number of alkyl halides is 1. The zero-order valence-corrected chi connectivity index (χ0v) is 11.3. The molecule has 80 valence electrons. The molecule has 1 aromatic carbocycles. The second kappa shape index (κ2) is 4.66. The van der Waals surface area contributed by atoms with E-state index in [0.717, 1.165) is 16.6 Å². The highest BCUT2D eigenvalue weighted by Crippen LogP contribution is 2.23. The van der Waals surface area contributed by atoms with E-state index in [0.29, 0.717) is 17.8 Å². The Hall–Kier alpha value is -0.350. The van der Waals surface area contributed by atoms with Crippen molar-refractivity contribution >= 4 is 37.8 Å². The van der Waals surface area contributed by atoms with Crippen LogP contribution in [-0.2, 0) is 11.3 Å². The summed E-state index contributed by atoms with van der Waals surface area (Å²) >= 11 is 6.97. The van der Waals surface area contributed by atoms with Crippen LogP contribution in [0.25, 0.3) is 0 Å². The molecule has 0 bridgehead atoms. The van der Waals surface area contributed by atoms with Crippen molar-refractivity contribution in [2.45, 2.75) is 17.8 Å². The first-order valence-electron chi connectivity index (χ1n) is 4.82. The van der Waals surface area contributed by atoms with E-state index in [1.165, 1.54) is 0 Å². The summed E-state index contributed by atoms with van der Waals surface area (Å²) in [7, 11) is 0. The van der Waals surface area contributed by atoms with Gasteiger partial charge in [-0.05, 0) is 11.6 Å². The average molecular weight is 333 g/mol. The molecule has 4 heteroatoms. The predicted octanol–water partition coefficient (Wildman–Crippen LogP) is 2.94. The molecule has 0 N–H and O–H groups in total. The summed E-state index contributed by atoms with van der Waals surface area (Å²) in [5.41, 5.74) is 1.16. The Morgan fingerprint density at radius 3 is 2.73 bits per heavy atom. The SMILES string of the molecule is O=C1CC(Br)CN1Cc1ccccc1Br. The summed E-state index contributed by atoms with van der Waals surface area (Å²) in [5, 5.41) is 0. The number of amides is 1. The molecule has 0 aliphatic carbocycles. The average Bonchev–Trinajstić information content (AvgIpc) is 2.49. The summed E-state index contributed by atoms with van der Waals surface area (Å²) in [5.74, 6) is 0.229. The monoisotopic (exact) mass is 331 g/mol. The first-order valence-corrected chi connectivity index (χ1v) is 6.53.